The number of thiophene rings is 1. The number of halogens is 2. The molecule has 3 rings (SSSR count). The molecule has 0 aliphatic heterocycles. The molecular weight excluding hydrogens is 301 g/mol. The topological polar surface area (TPSA) is 12.9 Å². The molecule has 2 aromatic heterocycles. The van der Waals surface area contributed by atoms with Gasteiger partial charge in [-0.2, -0.15) is 0 Å². The Kier molecular flexibility index (Phi) is 3.64. The van der Waals surface area contributed by atoms with Gasteiger partial charge in [-0.05, 0) is 35.7 Å². The van der Waals surface area contributed by atoms with Crippen LogP contribution >= 0.6 is 34.3 Å². The maximum Gasteiger partial charge on any atom is 0.124 e. The number of rotatable bonds is 3. The molecule has 0 saturated heterocycles. The number of benzene rings is 1. The largest absolute Gasteiger partial charge is 0.235 e. The van der Waals surface area contributed by atoms with Crippen LogP contribution in [0.4, 0.5) is 4.39 Å². The summed E-state index contributed by atoms with van der Waals surface area (Å²) >= 11 is 9.19. The average Bonchev–Trinajstić information content (AvgIpc) is 3.08. The second-order valence-electron chi connectivity index (χ2n) is 3.91. The molecule has 1 nitrogen and oxygen atoms in total. The van der Waals surface area contributed by atoms with Crippen LogP contribution in [0.15, 0.2) is 41.8 Å². The van der Waals surface area contributed by atoms with Crippen molar-refractivity contribution >= 4 is 34.3 Å². The first-order valence-corrected chi connectivity index (χ1v) is 7.86. The van der Waals surface area contributed by atoms with Crippen molar-refractivity contribution in [2.45, 2.75) is 5.88 Å². The number of thiazole rings is 1. The molecule has 19 heavy (non-hydrogen) atoms. The van der Waals surface area contributed by atoms with E-state index in [1.807, 2.05) is 17.5 Å². The van der Waals surface area contributed by atoms with Crippen molar-refractivity contribution in [3.63, 3.8) is 0 Å². The van der Waals surface area contributed by atoms with Crippen molar-refractivity contribution < 1.29 is 4.39 Å². The Balaban J connectivity index is 2.07. The van der Waals surface area contributed by atoms with Crippen LogP contribution < -0.4 is 0 Å². The fourth-order valence-electron chi connectivity index (χ4n) is 1.76. The third-order valence-corrected chi connectivity index (χ3v) is 5.07. The molecule has 0 atom stereocenters. The molecule has 3 aromatic rings. The lowest BCUT2D eigenvalue weighted by molar-refractivity contribution is 0.628. The van der Waals surface area contributed by atoms with E-state index in [2.05, 4.69) is 4.98 Å². The van der Waals surface area contributed by atoms with Gasteiger partial charge in [0.2, 0.25) is 0 Å². The zero-order valence-corrected chi connectivity index (χ0v) is 12.2. The first-order valence-electron chi connectivity index (χ1n) is 5.63. The first kappa shape index (κ1) is 12.8. The van der Waals surface area contributed by atoms with E-state index in [-0.39, 0.29) is 5.82 Å². The van der Waals surface area contributed by atoms with E-state index in [4.69, 9.17) is 11.6 Å². The number of hydrogen-bond donors (Lipinski definition) is 0. The summed E-state index contributed by atoms with van der Waals surface area (Å²) in [6, 6.07) is 10.4. The minimum atomic E-state index is -0.239. The molecule has 0 saturated carbocycles. The first-order chi connectivity index (χ1) is 9.28. The quantitative estimate of drug-likeness (QED) is 0.589. The monoisotopic (exact) mass is 309 g/mol. The molecule has 5 heteroatoms. The lowest BCUT2D eigenvalue weighted by atomic mass is 10.2. The Labute approximate surface area is 123 Å². The molecule has 0 fully saturated rings. The van der Waals surface area contributed by atoms with Crippen LogP contribution in [-0.4, -0.2) is 4.98 Å². The normalized spacial score (nSPS) is 10.8. The van der Waals surface area contributed by atoms with E-state index in [0.29, 0.717) is 5.88 Å². The van der Waals surface area contributed by atoms with Crippen LogP contribution in [0.5, 0.6) is 0 Å². The van der Waals surface area contributed by atoms with Crippen LogP contribution in [0.2, 0.25) is 0 Å². The SMILES string of the molecule is Fc1ccc(-c2nc(-c3cccs3)c(CCl)s2)cc1. The molecule has 0 radical (unpaired) electrons. The number of hydrogen-bond acceptors (Lipinski definition) is 3. The van der Waals surface area contributed by atoms with Crippen molar-refractivity contribution in [3.05, 3.63) is 52.5 Å². The molecular formula is C14H9ClFNS2. The van der Waals surface area contributed by atoms with Crippen LogP contribution in [0.25, 0.3) is 21.1 Å². The summed E-state index contributed by atoms with van der Waals surface area (Å²) in [5.41, 5.74) is 1.86. The van der Waals surface area contributed by atoms with Gasteiger partial charge in [0.15, 0.2) is 0 Å². The molecule has 0 N–H and O–H groups in total. The maximum atomic E-state index is 12.9. The molecule has 0 aliphatic rings. The van der Waals surface area contributed by atoms with Crippen LogP contribution in [0.1, 0.15) is 4.88 Å². The highest BCUT2D eigenvalue weighted by Gasteiger charge is 2.14. The third kappa shape index (κ3) is 2.56. The van der Waals surface area contributed by atoms with E-state index in [0.717, 1.165) is 26.0 Å². The Bertz CT molecular complexity index is 674. The highest BCUT2D eigenvalue weighted by molar-refractivity contribution is 7.17. The minimum Gasteiger partial charge on any atom is -0.235 e. The minimum absolute atomic E-state index is 0.239. The molecule has 0 spiro atoms. The summed E-state index contributed by atoms with van der Waals surface area (Å²) in [5, 5.41) is 2.89. The van der Waals surface area contributed by atoms with Crippen molar-refractivity contribution in [1.82, 2.24) is 4.98 Å². The molecule has 2 heterocycles. The predicted octanol–water partition coefficient (Wildman–Crippen LogP) is 5.42. The van der Waals surface area contributed by atoms with Gasteiger partial charge in [-0.3, -0.25) is 0 Å². The van der Waals surface area contributed by atoms with Gasteiger partial charge >= 0.3 is 0 Å². The molecule has 1 aromatic carbocycles. The van der Waals surface area contributed by atoms with Gasteiger partial charge in [0.1, 0.15) is 10.8 Å². The Morgan fingerprint density at radius 1 is 1.16 bits per heavy atom. The van der Waals surface area contributed by atoms with Crippen LogP contribution in [0.3, 0.4) is 0 Å². The van der Waals surface area contributed by atoms with Gasteiger partial charge in [0.05, 0.1) is 16.5 Å². The Hall–Kier alpha value is -1.23. The van der Waals surface area contributed by atoms with Gasteiger partial charge in [0.25, 0.3) is 0 Å². The highest BCUT2D eigenvalue weighted by Crippen LogP contribution is 2.36. The number of alkyl halides is 1. The van der Waals surface area contributed by atoms with Gasteiger partial charge < -0.3 is 0 Å². The van der Waals surface area contributed by atoms with Crippen molar-refractivity contribution in [1.29, 1.82) is 0 Å². The standard InChI is InChI=1S/C14H9ClFNS2/c15-8-12-13(11-2-1-7-18-11)17-14(19-12)9-3-5-10(16)6-4-9/h1-7H,8H2. The lowest BCUT2D eigenvalue weighted by Crippen LogP contribution is -1.80. The fourth-order valence-corrected chi connectivity index (χ4v) is 3.79. The molecule has 0 bridgehead atoms. The molecule has 0 aliphatic carbocycles. The summed E-state index contributed by atoms with van der Waals surface area (Å²) in [6.45, 7) is 0. The van der Waals surface area contributed by atoms with Crippen LogP contribution in [0, 0.1) is 5.82 Å². The van der Waals surface area contributed by atoms with Gasteiger partial charge in [-0.25, -0.2) is 9.37 Å². The lowest BCUT2D eigenvalue weighted by Gasteiger charge is -1.95. The summed E-state index contributed by atoms with van der Waals surface area (Å²) in [7, 11) is 0. The van der Waals surface area contributed by atoms with E-state index in [1.54, 1.807) is 34.8 Å². The van der Waals surface area contributed by atoms with E-state index in [1.165, 1.54) is 12.1 Å². The second-order valence-corrected chi connectivity index (χ2v) is 6.21. The van der Waals surface area contributed by atoms with Crippen molar-refractivity contribution in [2.24, 2.45) is 0 Å². The predicted molar refractivity (Wildman–Crippen MR) is 80.4 cm³/mol. The third-order valence-electron chi connectivity index (χ3n) is 2.66. The highest BCUT2D eigenvalue weighted by atomic mass is 35.5. The summed E-state index contributed by atoms with van der Waals surface area (Å²) in [5.74, 6) is 0.197. The Morgan fingerprint density at radius 3 is 2.58 bits per heavy atom. The zero-order valence-electron chi connectivity index (χ0n) is 9.77. The maximum absolute atomic E-state index is 12.9. The van der Waals surface area contributed by atoms with E-state index < -0.39 is 0 Å². The van der Waals surface area contributed by atoms with Gasteiger partial charge in [0, 0.05) is 10.4 Å². The second kappa shape index (κ2) is 5.41. The summed E-state index contributed by atoms with van der Waals surface area (Å²) in [6.07, 6.45) is 0. The van der Waals surface area contributed by atoms with E-state index in [9.17, 15) is 4.39 Å². The smallest absolute Gasteiger partial charge is 0.124 e. The van der Waals surface area contributed by atoms with Crippen LogP contribution in [-0.2, 0) is 5.88 Å². The van der Waals surface area contributed by atoms with Crippen molar-refractivity contribution in [3.8, 4) is 21.1 Å². The summed E-state index contributed by atoms with van der Waals surface area (Å²) in [4.78, 5) is 6.80. The summed E-state index contributed by atoms with van der Waals surface area (Å²) < 4.78 is 12.9. The van der Waals surface area contributed by atoms with E-state index >= 15 is 0 Å². The number of nitrogens with zero attached hydrogens (tertiary/aromatic N) is 1. The van der Waals surface area contributed by atoms with Gasteiger partial charge in [-0.15, -0.1) is 34.3 Å². The number of aromatic nitrogens is 1. The van der Waals surface area contributed by atoms with Gasteiger partial charge in [-0.1, -0.05) is 6.07 Å². The zero-order chi connectivity index (χ0) is 13.2. The molecule has 0 amide bonds. The molecule has 0 unspecified atom stereocenters. The van der Waals surface area contributed by atoms with Crippen molar-refractivity contribution in [2.75, 3.05) is 0 Å². The fraction of sp³-hybridized carbons (Fsp3) is 0.0714. The Morgan fingerprint density at radius 2 is 1.95 bits per heavy atom. The average molecular weight is 310 g/mol. The molecule has 96 valence electrons.